The topological polar surface area (TPSA) is 84.1 Å². The van der Waals surface area contributed by atoms with Gasteiger partial charge in [0.2, 0.25) is 0 Å². The largest absolute Gasteiger partial charge is 0.320 e. The highest BCUT2D eigenvalue weighted by atomic mass is 16.7. The predicted octanol–water partition coefficient (Wildman–Crippen LogP) is 1.90. The molecule has 1 amide bonds. The lowest BCUT2D eigenvalue weighted by atomic mass is 10.2. The van der Waals surface area contributed by atoms with Crippen LogP contribution < -0.4 is 11.0 Å². The molecule has 6 nitrogen and oxygen atoms in total. The van der Waals surface area contributed by atoms with Gasteiger partial charge in [0.05, 0.1) is 17.0 Å². The fraction of sp³-hybridized carbons (Fsp3) is 0.267. The maximum absolute atomic E-state index is 12.0. The van der Waals surface area contributed by atoms with E-state index in [1.165, 1.54) is 6.07 Å². The van der Waals surface area contributed by atoms with Crippen LogP contribution in [0, 0.1) is 0 Å². The third-order valence-electron chi connectivity index (χ3n) is 2.54. The van der Waals surface area contributed by atoms with E-state index in [0.29, 0.717) is 11.4 Å². The van der Waals surface area contributed by atoms with E-state index in [1.54, 1.807) is 45.2 Å². The minimum absolute atomic E-state index is 0.0149. The van der Waals surface area contributed by atoms with Gasteiger partial charge in [-0.15, -0.1) is 0 Å². The van der Waals surface area contributed by atoms with E-state index >= 15 is 0 Å². The van der Waals surface area contributed by atoms with E-state index in [4.69, 9.17) is 4.84 Å². The third-order valence-corrected chi connectivity index (χ3v) is 2.54. The fourth-order valence-corrected chi connectivity index (χ4v) is 1.58. The van der Waals surface area contributed by atoms with E-state index in [9.17, 15) is 9.59 Å². The summed E-state index contributed by atoms with van der Waals surface area (Å²) in [4.78, 5) is 35.8. The van der Waals surface area contributed by atoms with E-state index in [-0.39, 0.29) is 5.56 Å². The Labute approximate surface area is 122 Å². The first-order chi connectivity index (χ1) is 9.87. The number of aromatic nitrogens is 2. The number of H-pyrrole nitrogens is 1. The molecule has 0 radical (unpaired) electrons. The smallest absolute Gasteiger partial charge is 0.280 e. The van der Waals surface area contributed by atoms with Gasteiger partial charge >= 0.3 is 0 Å². The number of rotatable bonds is 3. The average Bonchev–Trinajstić information content (AvgIpc) is 2.45. The summed E-state index contributed by atoms with van der Waals surface area (Å²) < 4.78 is 0. The first-order valence-corrected chi connectivity index (χ1v) is 6.50. The Morgan fingerprint density at radius 1 is 1.24 bits per heavy atom. The van der Waals surface area contributed by atoms with Crippen LogP contribution in [0.15, 0.2) is 41.3 Å². The van der Waals surface area contributed by atoms with Crippen molar-refractivity contribution >= 4 is 5.91 Å². The molecule has 110 valence electrons. The number of hydrogen-bond acceptors (Lipinski definition) is 4. The second kappa shape index (κ2) is 5.88. The standard InChI is InChI=1S/C15H17N3O3/c1-15(2,3)21-18-14(20)10-7-8-12(17-13(10)19)11-6-4-5-9-16-11/h4-9H,1-3H3,(H,17,19)(H,18,20). The number of nitrogens with one attached hydrogen (secondary N) is 2. The SMILES string of the molecule is CC(C)(C)ONC(=O)c1ccc(-c2ccccn2)[nH]c1=O. The summed E-state index contributed by atoms with van der Waals surface area (Å²) >= 11 is 0. The van der Waals surface area contributed by atoms with Gasteiger partial charge in [0, 0.05) is 6.20 Å². The van der Waals surface area contributed by atoms with Crippen LogP contribution in [-0.2, 0) is 4.84 Å². The number of amides is 1. The quantitative estimate of drug-likeness (QED) is 0.844. The number of aromatic amines is 1. The second-order valence-electron chi connectivity index (χ2n) is 5.48. The summed E-state index contributed by atoms with van der Waals surface area (Å²) in [6, 6.07) is 8.46. The minimum atomic E-state index is -0.584. The highest BCUT2D eigenvalue weighted by Crippen LogP contribution is 2.11. The third kappa shape index (κ3) is 4.00. The van der Waals surface area contributed by atoms with E-state index in [0.717, 1.165) is 0 Å². The number of carbonyl (C=O) groups excluding carboxylic acids is 1. The molecule has 0 saturated heterocycles. The summed E-state index contributed by atoms with van der Waals surface area (Å²) in [7, 11) is 0. The summed E-state index contributed by atoms with van der Waals surface area (Å²) in [6.07, 6.45) is 1.63. The molecule has 2 rings (SSSR count). The maximum atomic E-state index is 12.0. The molecular weight excluding hydrogens is 270 g/mol. The van der Waals surface area contributed by atoms with Crippen molar-refractivity contribution in [2.45, 2.75) is 26.4 Å². The van der Waals surface area contributed by atoms with Crippen LogP contribution in [0.4, 0.5) is 0 Å². The number of pyridine rings is 2. The Morgan fingerprint density at radius 2 is 2.00 bits per heavy atom. The van der Waals surface area contributed by atoms with E-state index in [1.807, 2.05) is 6.07 Å². The number of hydrogen-bond donors (Lipinski definition) is 2. The zero-order valence-corrected chi connectivity index (χ0v) is 12.1. The summed E-state index contributed by atoms with van der Waals surface area (Å²) in [5, 5.41) is 0. The number of hydroxylamine groups is 1. The normalized spacial score (nSPS) is 11.2. The maximum Gasteiger partial charge on any atom is 0.280 e. The van der Waals surface area contributed by atoms with E-state index < -0.39 is 17.1 Å². The van der Waals surface area contributed by atoms with Crippen LogP contribution in [-0.4, -0.2) is 21.5 Å². The molecule has 2 heterocycles. The number of nitrogens with zero attached hydrogens (tertiary/aromatic N) is 1. The van der Waals surface area contributed by atoms with Crippen molar-refractivity contribution in [1.29, 1.82) is 0 Å². The minimum Gasteiger partial charge on any atom is -0.320 e. The Balaban J connectivity index is 2.20. The average molecular weight is 287 g/mol. The zero-order chi connectivity index (χ0) is 15.5. The van der Waals surface area contributed by atoms with Crippen LogP contribution in [0.25, 0.3) is 11.4 Å². The molecule has 0 bridgehead atoms. The van der Waals surface area contributed by atoms with Crippen molar-refractivity contribution in [2.24, 2.45) is 0 Å². The van der Waals surface area contributed by atoms with Crippen molar-refractivity contribution < 1.29 is 9.63 Å². The predicted molar refractivity (Wildman–Crippen MR) is 78.6 cm³/mol. The van der Waals surface area contributed by atoms with E-state index in [2.05, 4.69) is 15.4 Å². The molecule has 0 spiro atoms. The lowest BCUT2D eigenvalue weighted by Crippen LogP contribution is -2.36. The van der Waals surface area contributed by atoms with Gasteiger partial charge in [-0.2, -0.15) is 0 Å². The van der Waals surface area contributed by atoms with Gasteiger partial charge in [-0.05, 0) is 45.0 Å². The highest BCUT2D eigenvalue weighted by molar-refractivity contribution is 5.93. The summed E-state index contributed by atoms with van der Waals surface area (Å²) in [5.41, 5.74) is 2.41. The summed E-state index contributed by atoms with van der Waals surface area (Å²) in [6.45, 7) is 5.38. The first kappa shape index (κ1) is 14.9. The monoisotopic (exact) mass is 287 g/mol. The van der Waals surface area contributed by atoms with Gasteiger partial charge in [-0.1, -0.05) is 6.07 Å². The molecule has 0 aromatic carbocycles. The lowest BCUT2D eigenvalue weighted by molar-refractivity contribution is -0.0590. The van der Waals surface area contributed by atoms with Crippen LogP contribution >= 0.6 is 0 Å². The molecular formula is C15H17N3O3. The lowest BCUT2D eigenvalue weighted by Gasteiger charge is -2.18. The van der Waals surface area contributed by atoms with Crippen LogP contribution in [0.2, 0.25) is 0 Å². The highest BCUT2D eigenvalue weighted by Gasteiger charge is 2.16. The second-order valence-corrected chi connectivity index (χ2v) is 5.48. The van der Waals surface area contributed by atoms with Gasteiger partial charge in [0.1, 0.15) is 5.56 Å². The summed E-state index contributed by atoms with van der Waals surface area (Å²) in [5.74, 6) is -0.584. The zero-order valence-electron chi connectivity index (χ0n) is 12.1. The molecule has 6 heteroatoms. The fourth-order valence-electron chi connectivity index (χ4n) is 1.58. The van der Waals surface area contributed by atoms with Gasteiger partial charge in [0.25, 0.3) is 11.5 Å². The molecule has 0 aliphatic heterocycles. The Bertz CT molecular complexity index is 687. The molecule has 21 heavy (non-hydrogen) atoms. The molecule has 0 atom stereocenters. The molecule has 0 aliphatic rings. The molecule has 2 N–H and O–H groups in total. The molecule has 0 fully saturated rings. The van der Waals surface area contributed by atoms with Crippen molar-refractivity contribution in [3.05, 3.63) is 52.4 Å². The molecule has 0 saturated carbocycles. The van der Waals surface area contributed by atoms with Gasteiger partial charge in [-0.25, -0.2) is 5.48 Å². The molecule has 2 aromatic heterocycles. The number of carbonyl (C=O) groups is 1. The van der Waals surface area contributed by atoms with Crippen molar-refractivity contribution in [3.8, 4) is 11.4 Å². The Hall–Kier alpha value is -2.47. The van der Waals surface area contributed by atoms with Gasteiger partial charge in [-0.3, -0.25) is 19.4 Å². The van der Waals surface area contributed by atoms with Crippen molar-refractivity contribution in [2.75, 3.05) is 0 Å². The molecule has 0 unspecified atom stereocenters. The Morgan fingerprint density at radius 3 is 2.57 bits per heavy atom. The van der Waals surface area contributed by atoms with Crippen LogP contribution in [0.1, 0.15) is 31.1 Å². The van der Waals surface area contributed by atoms with Crippen LogP contribution in [0.5, 0.6) is 0 Å². The Kier molecular flexibility index (Phi) is 4.18. The first-order valence-electron chi connectivity index (χ1n) is 6.50. The molecule has 0 aliphatic carbocycles. The van der Waals surface area contributed by atoms with Gasteiger partial charge < -0.3 is 4.98 Å². The van der Waals surface area contributed by atoms with Crippen molar-refractivity contribution in [1.82, 2.24) is 15.4 Å². The molecule has 2 aromatic rings. The van der Waals surface area contributed by atoms with Crippen molar-refractivity contribution in [3.63, 3.8) is 0 Å². The van der Waals surface area contributed by atoms with Gasteiger partial charge in [0.15, 0.2) is 0 Å². The van der Waals surface area contributed by atoms with Crippen LogP contribution in [0.3, 0.4) is 0 Å².